The van der Waals surface area contributed by atoms with Crippen LogP contribution in [0.25, 0.3) is 0 Å². The highest BCUT2D eigenvalue weighted by Crippen LogP contribution is 2.21. The van der Waals surface area contributed by atoms with E-state index >= 15 is 0 Å². The van der Waals surface area contributed by atoms with Crippen molar-refractivity contribution in [3.8, 4) is 0 Å². The van der Waals surface area contributed by atoms with Gasteiger partial charge in [0.1, 0.15) is 5.37 Å². The SMILES string of the molecule is CCS(=O)(=O)C1CSCCN1CCNCCC(C)(C)C. The molecule has 1 aliphatic rings. The van der Waals surface area contributed by atoms with Crippen LogP contribution in [0, 0.1) is 5.41 Å². The van der Waals surface area contributed by atoms with Crippen LogP contribution in [0.15, 0.2) is 0 Å². The molecule has 4 nitrogen and oxygen atoms in total. The molecule has 1 atom stereocenters. The van der Waals surface area contributed by atoms with Gasteiger partial charge in [-0.15, -0.1) is 0 Å². The van der Waals surface area contributed by atoms with Crippen LogP contribution in [0.3, 0.4) is 0 Å². The number of nitrogens with one attached hydrogen (secondary N) is 1. The minimum Gasteiger partial charge on any atom is -0.315 e. The van der Waals surface area contributed by atoms with Gasteiger partial charge in [-0.25, -0.2) is 8.42 Å². The van der Waals surface area contributed by atoms with Crippen molar-refractivity contribution in [2.75, 3.05) is 43.4 Å². The van der Waals surface area contributed by atoms with Crippen molar-refractivity contribution in [3.05, 3.63) is 0 Å². The minimum atomic E-state index is -2.96. The lowest BCUT2D eigenvalue weighted by atomic mass is 9.92. The van der Waals surface area contributed by atoms with Crippen molar-refractivity contribution in [1.29, 1.82) is 0 Å². The van der Waals surface area contributed by atoms with Crippen molar-refractivity contribution >= 4 is 21.6 Å². The summed E-state index contributed by atoms with van der Waals surface area (Å²) >= 11 is 1.75. The zero-order valence-electron chi connectivity index (χ0n) is 13.3. The number of hydrogen-bond acceptors (Lipinski definition) is 5. The van der Waals surface area contributed by atoms with Gasteiger partial charge in [0, 0.05) is 36.9 Å². The molecule has 0 aromatic heterocycles. The normalized spacial score (nSPS) is 22.1. The van der Waals surface area contributed by atoms with Gasteiger partial charge in [-0.2, -0.15) is 11.8 Å². The Kier molecular flexibility index (Phi) is 7.32. The Balaban J connectivity index is 2.37. The Bertz CT molecular complexity index is 377. The highest BCUT2D eigenvalue weighted by atomic mass is 32.2. The van der Waals surface area contributed by atoms with Gasteiger partial charge < -0.3 is 5.32 Å². The maximum absolute atomic E-state index is 12.1. The average Bonchev–Trinajstić information content (AvgIpc) is 2.37. The Morgan fingerprint density at radius 3 is 2.60 bits per heavy atom. The Labute approximate surface area is 129 Å². The first-order valence-corrected chi connectivity index (χ1v) is 10.4. The van der Waals surface area contributed by atoms with Crippen LogP contribution in [-0.2, 0) is 9.84 Å². The van der Waals surface area contributed by atoms with Crippen LogP contribution in [0.5, 0.6) is 0 Å². The van der Waals surface area contributed by atoms with Crippen molar-refractivity contribution < 1.29 is 8.42 Å². The molecule has 0 saturated carbocycles. The maximum atomic E-state index is 12.1. The van der Waals surface area contributed by atoms with Gasteiger partial charge in [0.2, 0.25) is 0 Å². The van der Waals surface area contributed by atoms with E-state index in [4.69, 9.17) is 0 Å². The lowest BCUT2D eigenvalue weighted by Crippen LogP contribution is -2.49. The van der Waals surface area contributed by atoms with Gasteiger partial charge in [-0.05, 0) is 18.4 Å². The van der Waals surface area contributed by atoms with E-state index in [0.717, 1.165) is 44.1 Å². The second kappa shape index (κ2) is 8.01. The second-order valence-corrected chi connectivity index (χ2v) is 10.2. The fraction of sp³-hybridized carbons (Fsp3) is 1.00. The Hall–Kier alpha value is 0.220. The van der Waals surface area contributed by atoms with E-state index in [0.29, 0.717) is 5.41 Å². The summed E-state index contributed by atoms with van der Waals surface area (Å²) < 4.78 is 24.2. The smallest absolute Gasteiger partial charge is 0.166 e. The largest absolute Gasteiger partial charge is 0.315 e. The van der Waals surface area contributed by atoms with Gasteiger partial charge in [-0.3, -0.25) is 4.90 Å². The monoisotopic (exact) mass is 322 g/mol. The van der Waals surface area contributed by atoms with Gasteiger partial charge in [0.05, 0.1) is 0 Å². The van der Waals surface area contributed by atoms with Crippen LogP contribution in [0.4, 0.5) is 0 Å². The van der Waals surface area contributed by atoms with E-state index in [1.54, 1.807) is 18.7 Å². The number of thioether (sulfide) groups is 1. The molecule has 0 bridgehead atoms. The molecule has 20 heavy (non-hydrogen) atoms. The van der Waals surface area contributed by atoms with Crippen LogP contribution >= 0.6 is 11.8 Å². The molecule has 0 spiro atoms. The maximum Gasteiger partial charge on any atom is 0.166 e. The Morgan fingerprint density at radius 2 is 2.00 bits per heavy atom. The summed E-state index contributed by atoms with van der Waals surface area (Å²) in [5, 5.41) is 3.15. The molecule has 1 fully saturated rings. The van der Waals surface area contributed by atoms with Crippen LogP contribution in [0.1, 0.15) is 34.1 Å². The van der Waals surface area contributed by atoms with E-state index in [2.05, 4.69) is 31.0 Å². The molecular weight excluding hydrogens is 292 g/mol. The number of sulfone groups is 1. The standard InChI is InChI=1S/C14H30N2O2S2/c1-5-20(17,18)13-12-19-11-10-16(13)9-8-15-7-6-14(2,3)4/h13,15H,5-12H2,1-4H3. The quantitative estimate of drug-likeness (QED) is 0.725. The zero-order chi connectivity index (χ0) is 15.2. The first kappa shape index (κ1) is 18.3. The van der Waals surface area contributed by atoms with Crippen molar-refractivity contribution in [3.63, 3.8) is 0 Å². The molecular formula is C14H30N2O2S2. The fourth-order valence-electron chi connectivity index (χ4n) is 2.21. The van der Waals surface area contributed by atoms with Crippen molar-refractivity contribution in [1.82, 2.24) is 10.2 Å². The summed E-state index contributed by atoms with van der Waals surface area (Å²) in [4.78, 5) is 2.14. The molecule has 1 unspecified atom stereocenters. The highest BCUT2D eigenvalue weighted by molar-refractivity contribution is 8.01. The molecule has 120 valence electrons. The van der Waals surface area contributed by atoms with Crippen LogP contribution in [-0.4, -0.2) is 62.1 Å². The fourth-order valence-corrected chi connectivity index (χ4v) is 5.32. The number of nitrogens with zero attached hydrogens (tertiary/aromatic N) is 1. The molecule has 1 rings (SSSR count). The second-order valence-electron chi connectivity index (χ2n) is 6.58. The predicted molar refractivity (Wildman–Crippen MR) is 89.1 cm³/mol. The molecule has 0 aromatic carbocycles. The number of hydrogen-bond donors (Lipinski definition) is 1. The van der Waals surface area contributed by atoms with E-state index in [-0.39, 0.29) is 11.1 Å². The molecule has 0 aliphatic carbocycles. The van der Waals surface area contributed by atoms with Gasteiger partial charge in [0.25, 0.3) is 0 Å². The molecule has 0 radical (unpaired) electrons. The van der Waals surface area contributed by atoms with E-state index in [9.17, 15) is 8.42 Å². The summed E-state index contributed by atoms with van der Waals surface area (Å²) in [6.07, 6.45) is 1.14. The highest BCUT2D eigenvalue weighted by Gasteiger charge is 2.32. The molecule has 1 heterocycles. The van der Waals surface area contributed by atoms with E-state index in [1.807, 2.05) is 0 Å². The molecule has 1 saturated heterocycles. The predicted octanol–water partition coefficient (Wildman–Crippen LogP) is 1.82. The van der Waals surface area contributed by atoms with Crippen molar-refractivity contribution in [2.45, 2.75) is 39.5 Å². The van der Waals surface area contributed by atoms with Gasteiger partial charge in [-0.1, -0.05) is 27.7 Å². The molecule has 1 aliphatic heterocycles. The Morgan fingerprint density at radius 1 is 1.30 bits per heavy atom. The summed E-state index contributed by atoms with van der Waals surface area (Å²) in [6.45, 7) is 12.0. The lowest BCUT2D eigenvalue weighted by molar-refractivity contribution is 0.266. The minimum absolute atomic E-state index is 0.242. The van der Waals surface area contributed by atoms with Gasteiger partial charge in [0.15, 0.2) is 9.84 Å². The zero-order valence-corrected chi connectivity index (χ0v) is 14.9. The average molecular weight is 323 g/mol. The third-order valence-electron chi connectivity index (χ3n) is 3.64. The third kappa shape index (κ3) is 6.33. The number of rotatable bonds is 7. The first-order chi connectivity index (χ1) is 9.26. The first-order valence-electron chi connectivity index (χ1n) is 7.50. The molecule has 0 amide bonds. The van der Waals surface area contributed by atoms with Crippen molar-refractivity contribution in [2.24, 2.45) is 5.41 Å². The molecule has 6 heteroatoms. The summed E-state index contributed by atoms with van der Waals surface area (Å²) in [5.41, 5.74) is 0.350. The van der Waals surface area contributed by atoms with Crippen LogP contribution in [0.2, 0.25) is 0 Å². The van der Waals surface area contributed by atoms with Gasteiger partial charge >= 0.3 is 0 Å². The van der Waals surface area contributed by atoms with E-state index in [1.165, 1.54) is 0 Å². The summed E-state index contributed by atoms with van der Waals surface area (Å²) in [7, 11) is -2.96. The lowest BCUT2D eigenvalue weighted by Gasteiger charge is -2.34. The van der Waals surface area contributed by atoms with Crippen LogP contribution < -0.4 is 5.32 Å². The molecule has 1 N–H and O–H groups in total. The van der Waals surface area contributed by atoms with E-state index < -0.39 is 9.84 Å². The third-order valence-corrected chi connectivity index (χ3v) is 6.97. The topological polar surface area (TPSA) is 49.4 Å². The molecule has 0 aromatic rings. The summed E-state index contributed by atoms with van der Waals surface area (Å²) in [5.74, 6) is 2.00. The summed E-state index contributed by atoms with van der Waals surface area (Å²) in [6, 6.07) is 0.